The van der Waals surface area contributed by atoms with Gasteiger partial charge in [-0.25, -0.2) is 9.50 Å². The van der Waals surface area contributed by atoms with Crippen molar-refractivity contribution in [3.8, 4) is 0 Å². The summed E-state index contributed by atoms with van der Waals surface area (Å²) in [6.45, 7) is 0. The zero-order valence-electron chi connectivity index (χ0n) is 3.24. The van der Waals surface area contributed by atoms with E-state index in [1.165, 1.54) is 5.25 Å². The molecule has 0 saturated carbocycles. The van der Waals surface area contributed by atoms with Crippen LogP contribution in [-0.2, 0) is 9.50 Å². The molecule has 0 rings (SSSR count). The first-order valence-electron chi connectivity index (χ1n) is 1.25. The van der Waals surface area contributed by atoms with E-state index in [0.29, 0.717) is 0 Å². The summed E-state index contributed by atoms with van der Waals surface area (Å²) in [6.07, 6.45) is 0. The van der Waals surface area contributed by atoms with Crippen LogP contribution in [0, 0.1) is 0 Å². The summed E-state index contributed by atoms with van der Waals surface area (Å²) in [5.74, 6) is 4.21. The van der Waals surface area contributed by atoms with Crippen LogP contribution in [0.3, 0.4) is 0 Å². The van der Waals surface area contributed by atoms with Crippen molar-refractivity contribution in [1.82, 2.24) is 5.25 Å². The number of hydrogen-bond acceptors (Lipinski definition) is 3. The highest BCUT2D eigenvalue weighted by Crippen LogP contribution is 2.26. The molecule has 0 unspecified atom stereocenters. The molecule has 0 spiro atoms. The number of hydrogen-bond donors (Lipinski definition) is 4. The van der Waals surface area contributed by atoms with Gasteiger partial charge < -0.3 is 9.79 Å². The van der Waals surface area contributed by atoms with Gasteiger partial charge in [-0.1, -0.05) is 5.25 Å². The topological polar surface area (TPSA) is 105 Å². The number of nitrogens with one attached hydrogen (secondary N) is 1. The third-order valence-corrected chi connectivity index (χ3v) is 0.515. The standard InChI is InChI=1S/H5N2O4P/c1-6-2-7(3,4)5/h1H2,(H3,2,3,4,5). The lowest BCUT2D eigenvalue weighted by atomic mass is 13.2. The zero-order chi connectivity index (χ0) is 5.91. The molecule has 5 N–H and O–H groups in total. The van der Waals surface area contributed by atoms with E-state index in [0.717, 1.165) is 0 Å². The highest BCUT2D eigenvalue weighted by molar-refractivity contribution is 7.49. The maximum atomic E-state index is 9.61. The summed E-state index contributed by atoms with van der Waals surface area (Å²) in [6, 6.07) is 0. The van der Waals surface area contributed by atoms with Gasteiger partial charge in [0.2, 0.25) is 0 Å². The predicted octanol–water partition coefficient (Wildman–Crippen LogP) is -1.53. The van der Waals surface area contributed by atoms with Crippen LogP contribution in [0.2, 0.25) is 0 Å². The van der Waals surface area contributed by atoms with Crippen LogP contribution < -0.4 is 11.1 Å². The van der Waals surface area contributed by atoms with Crippen molar-refractivity contribution < 1.29 is 19.3 Å². The van der Waals surface area contributed by atoms with Gasteiger partial charge in [0, 0.05) is 0 Å². The lowest BCUT2D eigenvalue weighted by Gasteiger charge is -1.98. The van der Waals surface area contributed by atoms with Crippen LogP contribution in [0.5, 0.6) is 0 Å². The Morgan fingerprint density at radius 1 is 1.71 bits per heavy atom. The smallest absolute Gasteiger partial charge is 0.311 e. The first kappa shape index (κ1) is 7.03. The van der Waals surface area contributed by atoms with Crippen molar-refractivity contribution in [1.29, 1.82) is 0 Å². The summed E-state index contributed by atoms with van der Waals surface area (Å²) in [5, 5.41) is 1.23. The van der Waals surface area contributed by atoms with Crippen molar-refractivity contribution in [2.24, 2.45) is 5.90 Å². The van der Waals surface area contributed by atoms with Crippen molar-refractivity contribution in [2.75, 3.05) is 0 Å². The monoisotopic (exact) mass is 128 g/mol. The third kappa shape index (κ3) is 6.03. The highest BCUT2D eigenvalue weighted by Gasteiger charge is 2.09. The van der Waals surface area contributed by atoms with E-state index in [2.05, 4.69) is 10.8 Å². The Labute approximate surface area is 39.4 Å². The lowest BCUT2D eigenvalue weighted by Crippen LogP contribution is -2.14. The Morgan fingerprint density at radius 2 is 2.14 bits per heavy atom. The van der Waals surface area contributed by atoms with Crippen molar-refractivity contribution in [3.63, 3.8) is 0 Å². The van der Waals surface area contributed by atoms with Crippen LogP contribution in [0.1, 0.15) is 0 Å². The Morgan fingerprint density at radius 3 is 2.14 bits per heavy atom. The Kier molecular flexibility index (Phi) is 2.38. The van der Waals surface area contributed by atoms with Crippen molar-refractivity contribution in [3.05, 3.63) is 0 Å². The first-order chi connectivity index (χ1) is 3.06. The molecule has 0 aromatic rings. The van der Waals surface area contributed by atoms with E-state index in [9.17, 15) is 4.57 Å². The van der Waals surface area contributed by atoms with E-state index in [1.54, 1.807) is 0 Å². The van der Waals surface area contributed by atoms with Gasteiger partial charge in [-0.15, -0.1) is 0 Å². The molecule has 0 fully saturated rings. The molecule has 0 heterocycles. The van der Waals surface area contributed by atoms with Gasteiger partial charge in [-0.3, -0.25) is 0 Å². The largest absolute Gasteiger partial charge is 0.424 e. The molecule has 0 saturated heterocycles. The lowest BCUT2D eigenvalue weighted by molar-refractivity contribution is 0.0739. The molecular weight excluding hydrogens is 123 g/mol. The second kappa shape index (κ2) is 2.37. The Hall–Kier alpha value is 0.0300. The summed E-state index contributed by atoms with van der Waals surface area (Å²) >= 11 is 0. The molecule has 44 valence electrons. The molecule has 0 aliphatic heterocycles. The molecule has 0 aromatic carbocycles. The molecule has 0 radical (unpaired) electrons. The maximum Gasteiger partial charge on any atom is 0.424 e. The average Bonchev–Trinajstić information content (AvgIpc) is 1.30. The molecule has 0 atom stereocenters. The summed E-state index contributed by atoms with van der Waals surface area (Å²) in [4.78, 5) is 19.0. The third-order valence-electron chi connectivity index (χ3n) is 0.172. The SMILES string of the molecule is NONP(=O)(O)O. The minimum absolute atomic E-state index is 1.23. The van der Waals surface area contributed by atoms with Gasteiger partial charge in [-0.05, 0) is 0 Å². The van der Waals surface area contributed by atoms with Crippen LogP contribution in [-0.4, -0.2) is 9.79 Å². The molecule has 0 amide bonds. The van der Waals surface area contributed by atoms with Crippen LogP contribution in [0.4, 0.5) is 0 Å². The molecule has 7 heteroatoms. The highest BCUT2D eigenvalue weighted by atomic mass is 31.2. The van der Waals surface area contributed by atoms with Gasteiger partial charge in [0.15, 0.2) is 0 Å². The molecule has 0 bridgehead atoms. The van der Waals surface area contributed by atoms with Crippen LogP contribution in [0.25, 0.3) is 0 Å². The first-order valence-corrected chi connectivity index (χ1v) is 2.86. The molecule has 0 aliphatic rings. The Bertz CT molecular complexity index is 83.7. The normalized spacial score (nSPS) is 11.9. The minimum atomic E-state index is -4.26. The average molecular weight is 128 g/mol. The molecular formula is H5N2O4P. The summed E-state index contributed by atoms with van der Waals surface area (Å²) in [5.41, 5.74) is 0. The van der Waals surface area contributed by atoms with Gasteiger partial charge in [0.05, 0.1) is 0 Å². The van der Waals surface area contributed by atoms with Gasteiger partial charge >= 0.3 is 7.75 Å². The van der Waals surface area contributed by atoms with Gasteiger partial charge in [-0.2, -0.15) is 5.90 Å². The predicted molar refractivity (Wildman–Crippen MR) is 20.5 cm³/mol. The fourth-order valence-electron chi connectivity index (χ4n) is 0.0687. The van der Waals surface area contributed by atoms with E-state index in [4.69, 9.17) is 9.79 Å². The summed E-state index contributed by atoms with van der Waals surface area (Å²) < 4.78 is 9.61. The van der Waals surface area contributed by atoms with Crippen molar-refractivity contribution in [2.45, 2.75) is 0 Å². The molecule has 7 heavy (non-hydrogen) atoms. The number of rotatable bonds is 2. The van der Waals surface area contributed by atoms with Crippen molar-refractivity contribution >= 4 is 7.75 Å². The fraction of sp³-hybridized carbons (Fsp3) is 0. The van der Waals surface area contributed by atoms with Gasteiger partial charge in [0.1, 0.15) is 0 Å². The van der Waals surface area contributed by atoms with Gasteiger partial charge in [0.25, 0.3) is 0 Å². The maximum absolute atomic E-state index is 9.61. The molecule has 0 aromatic heterocycles. The molecule has 6 nitrogen and oxygen atoms in total. The van der Waals surface area contributed by atoms with E-state index >= 15 is 0 Å². The van der Waals surface area contributed by atoms with E-state index in [-0.39, 0.29) is 0 Å². The zero-order valence-corrected chi connectivity index (χ0v) is 4.13. The summed E-state index contributed by atoms with van der Waals surface area (Å²) in [7, 11) is -4.26. The van der Waals surface area contributed by atoms with E-state index in [1.807, 2.05) is 0 Å². The van der Waals surface area contributed by atoms with E-state index < -0.39 is 7.75 Å². The fourth-order valence-corrected chi connectivity index (χ4v) is 0.206. The molecule has 0 aliphatic carbocycles. The second-order valence-electron chi connectivity index (χ2n) is 0.753. The van der Waals surface area contributed by atoms with Crippen LogP contribution in [0.15, 0.2) is 0 Å². The Balaban J connectivity index is 3.36. The van der Waals surface area contributed by atoms with Crippen LogP contribution >= 0.6 is 7.75 Å². The second-order valence-corrected chi connectivity index (χ2v) is 2.02. The number of nitrogens with two attached hydrogens (primary N) is 1. The quantitative estimate of drug-likeness (QED) is 0.265. The minimum Gasteiger partial charge on any atom is -0.311 e.